The van der Waals surface area contributed by atoms with Gasteiger partial charge < -0.3 is 4.90 Å². The molecular weight excluding hydrogens is 322 g/mol. The van der Waals surface area contributed by atoms with E-state index in [0.717, 1.165) is 22.5 Å². The first kappa shape index (κ1) is 14.7. The Morgan fingerprint density at radius 3 is 2.59 bits per heavy atom. The van der Waals surface area contributed by atoms with Gasteiger partial charge in [0.05, 0.1) is 16.2 Å². The maximum Gasteiger partial charge on any atom is 0.286 e. The molecule has 0 bridgehead atoms. The number of thioether (sulfide) groups is 1. The van der Waals surface area contributed by atoms with Crippen LogP contribution in [0.5, 0.6) is 0 Å². The Kier molecular flexibility index (Phi) is 3.50. The average molecular weight is 333 g/mol. The summed E-state index contributed by atoms with van der Waals surface area (Å²) < 4.78 is 0.197. The van der Waals surface area contributed by atoms with Gasteiger partial charge in [-0.05, 0) is 18.3 Å². The maximum atomic E-state index is 12.5. The summed E-state index contributed by atoms with van der Waals surface area (Å²) in [5, 5.41) is 0.999. The number of anilines is 1. The van der Waals surface area contributed by atoms with Crippen molar-refractivity contribution in [1.29, 1.82) is 0 Å². The predicted octanol–water partition coefficient (Wildman–Crippen LogP) is 1.29. The van der Waals surface area contributed by atoms with Gasteiger partial charge >= 0.3 is 0 Å². The fourth-order valence-corrected chi connectivity index (χ4v) is 3.61. The quantitative estimate of drug-likeness (QED) is 0.619. The van der Waals surface area contributed by atoms with Gasteiger partial charge in [-0.1, -0.05) is 30.0 Å². The van der Waals surface area contributed by atoms with Gasteiger partial charge in [0.2, 0.25) is 5.91 Å². The molecule has 112 valence electrons. The van der Waals surface area contributed by atoms with Crippen LogP contribution in [0.3, 0.4) is 0 Å². The van der Waals surface area contributed by atoms with E-state index in [1.54, 1.807) is 19.2 Å². The Hall–Kier alpha value is -2.19. The summed E-state index contributed by atoms with van der Waals surface area (Å²) >= 11 is 6.13. The third kappa shape index (κ3) is 2.11. The van der Waals surface area contributed by atoms with Crippen molar-refractivity contribution in [3.8, 4) is 0 Å². The molecule has 2 aliphatic rings. The van der Waals surface area contributed by atoms with Gasteiger partial charge in [-0.3, -0.25) is 19.8 Å². The van der Waals surface area contributed by atoms with Crippen LogP contribution in [0.4, 0.5) is 5.69 Å². The molecule has 2 heterocycles. The standard InChI is InChI=1S/C14H11N3O3S2/c1-7(18)15-17-13(20)11(22-14(17)21)10-8-5-3-4-6-9(8)16(2)12(10)19/h3-6H,1-2H3,(H,15,18)/b11-10-. The van der Waals surface area contributed by atoms with E-state index in [9.17, 15) is 14.4 Å². The zero-order valence-corrected chi connectivity index (χ0v) is 13.4. The molecule has 1 aromatic rings. The normalized spacial score (nSPS) is 20.7. The van der Waals surface area contributed by atoms with Crippen molar-refractivity contribution in [2.24, 2.45) is 0 Å². The minimum absolute atomic E-state index is 0.197. The van der Waals surface area contributed by atoms with Gasteiger partial charge in [-0.15, -0.1) is 0 Å². The minimum Gasteiger partial charge on any atom is -0.311 e. The average Bonchev–Trinajstić information content (AvgIpc) is 2.88. The molecule has 2 aliphatic heterocycles. The number of nitrogens with one attached hydrogen (secondary N) is 1. The highest BCUT2D eigenvalue weighted by molar-refractivity contribution is 8.26. The van der Waals surface area contributed by atoms with Crippen LogP contribution in [-0.2, 0) is 14.4 Å². The van der Waals surface area contributed by atoms with Crippen LogP contribution in [0.15, 0.2) is 29.2 Å². The molecule has 0 aliphatic carbocycles. The van der Waals surface area contributed by atoms with E-state index < -0.39 is 11.8 Å². The van der Waals surface area contributed by atoms with Crippen LogP contribution in [0, 0.1) is 0 Å². The fourth-order valence-electron chi connectivity index (χ4n) is 2.36. The van der Waals surface area contributed by atoms with Crippen LogP contribution in [0.25, 0.3) is 5.57 Å². The topological polar surface area (TPSA) is 69.7 Å². The summed E-state index contributed by atoms with van der Waals surface area (Å²) in [5.74, 6) is -1.15. The molecule has 3 amide bonds. The molecule has 0 saturated carbocycles. The van der Waals surface area contributed by atoms with Crippen molar-refractivity contribution in [2.75, 3.05) is 11.9 Å². The second kappa shape index (κ2) is 5.22. The fraction of sp³-hybridized carbons (Fsp3) is 0.143. The van der Waals surface area contributed by atoms with E-state index in [1.807, 2.05) is 12.1 Å². The van der Waals surface area contributed by atoms with Gasteiger partial charge in [-0.2, -0.15) is 5.01 Å². The molecule has 1 N–H and O–H groups in total. The second-order valence-corrected chi connectivity index (χ2v) is 6.41. The molecule has 0 spiro atoms. The third-order valence-electron chi connectivity index (χ3n) is 3.32. The summed E-state index contributed by atoms with van der Waals surface area (Å²) in [5.41, 5.74) is 4.13. The molecule has 8 heteroatoms. The zero-order chi connectivity index (χ0) is 16.0. The number of amides is 3. The van der Waals surface area contributed by atoms with Gasteiger partial charge in [0, 0.05) is 19.5 Å². The Bertz CT molecular complexity index is 772. The third-order valence-corrected chi connectivity index (χ3v) is 4.69. The summed E-state index contributed by atoms with van der Waals surface area (Å²) in [6.45, 7) is 1.29. The number of hydrogen-bond acceptors (Lipinski definition) is 5. The molecule has 0 unspecified atom stereocenters. The lowest BCUT2D eigenvalue weighted by atomic mass is 10.1. The number of carbonyl (C=O) groups is 3. The number of para-hydroxylation sites is 1. The van der Waals surface area contributed by atoms with Gasteiger partial charge in [0.25, 0.3) is 11.8 Å². The molecule has 1 fully saturated rings. The molecule has 22 heavy (non-hydrogen) atoms. The van der Waals surface area contributed by atoms with Crippen molar-refractivity contribution < 1.29 is 14.4 Å². The van der Waals surface area contributed by atoms with Crippen LogP contribution >= 0.6 is 24.0 Å². The molecule has 0 atom stereocenters. The van der Waals surface area contributed by atoms with Crippen molar-refractivity contribution in [3.05, 3.63) is 34.7 Å². The largest absolute Gasteiger partial charge is 0.311 e. The number of carbonyl (C=O) groups excluding carboxylic acids is 3. The Labute approximate surface area is 136 Å². The molecular formula is C14H11N3O3S2. The molecule has 0 radical (unpaired) electrons. The van der Waals surface area contributed by atoms with Crippen LogP contribution < -0.4 is 10.3 Å². The summed E-state index contributed by atoms with van der Waals surface area (Å²) in [4.78, 5) is 37.9. The van der Waals surface area contributed by atoms with Crippen molar-refractivity contribution >= 4 is 57.3 Å². The van der Waals surface area contributed by atoms with Crippen LogP contribution in [0.2, 0.25) is 0 Å². The Morgan fingerprint density at radius 1 is 1.23 bits per heavy atom. The molecule has 6 nitrogen and oxygen atoms in total. The number of fused-ring (bicyclic) bond motifs is 1. The van der Waals surface area contributed by atoms with Crippen molar-refractivity contribution in [2.45, 2.75) is 6.92 Å². The lowest BCUT2D eigenvalue weighted by Gasteiger charge is -2.13. The highest BCUT2D eigenvalue weighted by atomic mass is 32.2. The van der Waals surface area contributed by atoms with E-state index in [4.69, 9.17) is 12.2 Å². The van der Waals surface area contributed by atoms with E-state index in [1.165, 1.54) is 11.8 Å². The SMILES string of the molecule is CC(=O)NN1C(=O)/C(=C2/C(=O)N(C)c3ccccc32)SC1=S. The number of thiocarbonyl (C=S) groups is 1. The molecule has 3 rings (SSSR count). The van der Waals surface area contributed by atoms with Crippen molar-refractivity contribution in [1.82, 2.24) is 10.4 Å². The van der Waals surface area contributed by atoms with E-state index in [2.05, 4.69) is 5.43 Å². The smallest absolute Gasteiger partial charge is 0.286 e. The molecule has 0 aromatic heterocycles. The number of hydrazine groups is 1. The molecule has 1 saturated heterocycles. The monoisotopic (exact) mass is 333 g/mol. The number of likely N-dealkylation sites (N-methyl/N-ethyl adjacent to an activating group) is 1. The first-order valence-corrected chi connectivity index (χ1v) is 7.59. The van der Waals surface area contributed by atoms with Crippen molar-refractivity contribution in [3.63, 3.8) is 0 Å². The predicted molar refractivity (Wildman–Crippen MR) is 87.6 cm³/mol. The summed E-state index contributed by atoms with van der Waals surface area (Å²) in [6, 6.07) is 7.24. The van der Waals surface area contributed by atoms with Gasteiger partial charge in [0.1, 0.15) is 0 Å². The summed E-state index contributed by atoms with van der Waals surface area (Å²) in [6.07, 6.45) is 0. The summed E-state index contributed by atoms with van der Waals surface area (Å²) in [7, 11) is 1.66. The first-order valence-electron chi connectivity index (χ1n) is 6.37. The number of rotatable bonds is 1. The number of nitrogens with zero attached hydrogens (tertiary/aromatic N) is 2. The maximum absolute atomic E-state index is 12.5. The lowest BCUT2D eigenvalue weighted by molar-refractivity contribution is -0.132. The van der Waals surface area contributed by atoms with E-state index in [-0.39, 0.29) is 15.1 Å². The lowest BCUT2D eigenvalue weighted by Crippen LogP contribution is -2.43. The van der Waals surface area contributed by atoms with Gasteiger partial charge in [-0.25, -0.2) is 0 Å². The zero-order valence-electron chi connectivity index (χ0n) is 11.7. The number of hydrogen-bond donors (Lipinski definition) is 1. The Morgan fingerprint density at radius 2 is 1.91 bits per heavy atom. The number of benzene rings is 1. The van der Waals surface area contributed by atoms with Gasteiger partial charge in [0.15, 0.2) is 4.32 Å². The van der Waals surface area contributed by atoms with Crippen LogP contribution in [0.1, 0.15) is 12.5 Å². The Balaban J connectivity index is 2.12. The van der Waals surface area contributed by atoms with E-state index >= 15 is 0 Å². The highest BCUT2D eigenvalue weighted by Crippen LogP contribution is 2.43. The second-order valence-electron chi connectivity index (χ2n) is 4.76. The molecule has 1 aromatic carbocycles. The van der Waals surface area contributed by atoms with Crippen LogP contribution in [-0.4, -0.2) is 34.1 Å². The highest BCUT2D eigenvalue weighted by Gasteiger charge is 2.41. The first-order chi connectivity index (χ1) is 10.4. The van der Waals surface area contributed by atoms with E-state index in [0.29, 0.717) is 11.1 Å². The minimum atomic E-state index is -0.487.